The molecule has 3 heteroatoms. The highest BCUT2D eigenvalue weighted by molar-refractivity contribution is 6.18. The van der Waals surface area contributed by atoms with Gasteiger partial charge < -0.3 is 4.74 Å². The SMILES string of the molecule is CCN1CC(C)OC(CCl)C1. The minimum atomic E-state index is 0.236. The van der Waals surface area contributed by atoms with Crippen molar-refractivity contribution in [3.05, 3.63) is 0 Å². The van der Waals surface area contributed by atoms with Gasteiger partial charge in [0.1, 0.15) is 0 Å². The van der Waals surface area contributed by atoms with E-state index in [2.05, 4.69) is 18.7 Å². The molecule has 1 aliphatic rings. The number of hydrogen-bond acceptors (Lipinski definition) is 2. The van der Waals surface area contributed by atoms with E-state index in [1.54, 1.807) is 0 Å². The monoisotopic (exact) mass is 177 g/mol. The van der Waals surface area contributed by atoms with Crippen molar-refractivity contribution in [3.8, 4) is 0 Å². The van der Waals surface area contributed by atoms with Crippen LogP contribution in [-0.4, -0.2) is 42.6 Å². The lowest BCUT2D eigenvalue weighted by molar-refractivity contribution is -0.0647. The van der Waals surface area contributed by atoms with E-state index in [-0.39, 0.29) is 6.10 Å². The van der Waals surface area contributed by atoms with Crippen LogP contribution in [0.15, 0.2) is 0 Å². The average Bonchev–Trinajstić information content (AvgIpc) is 2.03. The molecule has 0 spiro atoms. The van der Waals surface area contributed by atoms with E-state index < -0.39 is 0 Å². The van der Waals surface area contributed by atoms with Crippen LogP contribution in [0.5, 0.6) is 0 Å². The third kappa shape index (κ3) is 2.62. The largest absolute Gasteiger partial charge is 0.371 e. The molecule has 0 amide bonds. The van der Waals surface area contributed by atoms with Gasteiger partial charge in [0.05, 0.1) is 12.2 Å². The Hall–Kier alpha value is 0.210. The number of hydrogen-bond donors (Lipinski definition) is 0. The zero-order chi connectivity index (χ0) is 8.27. The van der Waals surface area contributed by atoms with Gasteiger partial charge in [-0.1, -0.05) is 6.92 Å². The summed E-state index contributed by atoms with van der Waals surface area (Å²) in [6.07, 6.45) is 0.577. The Bertz CT molecular complexity index is 109. The molecular formula is C8H16ClNO. The molecule has 2 unspecified atom stereocenters. The van der Waals surface area contributed by atoms with E-state index in [1.165, 1.54) is 0 Å². The van der Waals surface area contributed by atoms with Crippen LogP contribution in [0.1, 0.15) is 13.8 Å². The van der Waals surface area contributed by atoms with Gasteiger partial charge in [0.25, 0.3) is 0 Å². The van der Waals surface area contributed by atoms with Gasteiger partial charge in [-0.25, -0.2) is 0 Å². The number of morpholine rings is 1. The average molecular weight is 178 g/mol. The number of halogens is 1. The van der Waals surface area contributed by atoms with Gasteiger partial charge in [0, 0.05) is 19.0 Å². The van der Waals surface area contributed by atoms with Crippen molar-refractivity contribution < 1.29 is 4.74 Å². The second-order valence-corrected chi connectivity index (χ2v) is 3.38. The maximum absolute atomic E-state index is 5.72. The van der Waals surface area contributed by atoms with Crippen LogP contribution in [0.4, 0.5) is 0 Å². The first-order valence-electron chi connectivity index (χ1n) is 4.20. The third-order valence-corrected chi connectivity index (χ3v) is 2.37. The summed E-state index contributed by atoms with van der Waals surface area (Å²) >= 11 is 5.72. The van der Waals surface area contributed by atoms with Crippen LogP contribution >= 0.6 is 11.6 Å². The molecule has 0 saturated carbocycles. The van der Waals surface area contributed by atoms with Crippen LogP contribution < -0.4 is 0 Å². The van der Waals surface area contributed by atoms with Crippen molar-refractivity contribution in [1.29, 1.82) is 0 Å². The Labute approximate surface area is 73.5 Å². The van der Waals surface area contributed by atoms with Gasteiger partial charge in [-0.05, 0) is 13.5 Å². The predicted molar refractivity (Wildman–Crippen MR) is 47.2 cm³/mol. The van der Waals surface area contributed by atoms with E-state index in [0.29, 0.717) is 12.0 Å². The molecule has 0 aliphatic carbocycles. The van der Waals surface area contributed by atoms with Crippen LogP contribution in [0.3, 0.4) is 0 Å². The summed E-state index contributed by atoms with van der Waals surface area (Å²) in [6, 6.07) is 0. The first-order valence-corrected chi connectivity index (χ1v) is 4.73. The van der Waals surface area contributed by atoms with E-state index in [9.17, 15) is 0 Å². The summed E-state index contributed by atoms with van der Waals surface area (Å²) in [6.45, 7) is 7.40. The summed E-state index contributed by atoms with van der Waals surface area (Å²) in [7, 11) is 0. The van der Waals surface area contributed by atoms with Crippen LogP contribution in [0.25, 0.3) is 0 Å². The van der Waals surface area contributed by atoms with E-state index in [4.69, 9.17) is 16.3 Å². The second-order valence-electron chi connectivity index (χ2n) is 3.08. The van der Waals surface area contributed by atoms with Crippen LogP contribution in [0, 0.1) is 0 Å². The topological polar surface area (TPSA) is 12.5 Å². The molecule has 0 radical (unpaired) electrons. The lowest BCUT2D eigenvalue weighted by Gasteiger charge is -2.35. The number of alkyl halides is 1. The molecule has 2 atom stereocenters. The molecule has 0 aromatic rings. The van der Waals surface area contributed by atoms with Gasteiger partial charge in [-0.2, -0.15) is 0 Å². The molecule has 0 aromatic heterocycles. The van der Waals surface area contributed by atoms with Crippen molar-refractivity contribution in [3.63, 3.8) is 0 Å². The number of likely N-dealkylation sites (N-methyl/N-ethyl adjacent to an activating group) is 1. The number of ether oxygens (including phenoxy) is 1. The normalized spacial score (nSPS) is 34.1. The Kier molecular flexibility index (Phi) is 3.63. The molecule has 2 nitrogen and oxygen atoms in total. The highest BCUT2D eigenvalue weighted by atomic mass is 35.5. The molecule has 1 saturated heterocycles. The lowest BCUT2D eigenvalue weighted by Crippen LogP contribution is -2.47. The molecule has 0 aromatic carbocycles. The molecule has 1 heterocycles. The molecular weight excluding hydrogens is 162 g/mol. The Balaban J connectivity index is 2.37. The summed E-state index contributed by atoms with van der Waals surface area (Å²) in [5, 5.41) is 0. The summed E-state index contributed by atoms with van der Waals surface area (Å²) in [5.74, 6) is 0.612. The Morgan fingerprint density at radius 1 is 1.55 bits per heavy atom. The van der Waals surface area contributed by atoms with Crippen molar-refractivity contribution >= 4 is 11.6 Å². The fourth-order valence-electron chi connectivity index (χ4n) is 1.48. The smallest absolute Gasteiger partial charge is 0.0841 e. The number of nitrogens with zero attached hydrogens (tertiary/aromatic N) is 1. The molecule has 11 heavy (non-hydrogen) atoms. The standard InChI is InChI=1S/C8H16ClNO/c1-3-10-5-7(2)11-8(4-9)6-10/h7-8H,3-6H2,1-2H3. The van der Waals surface area contributed by atoms with Gasteiger partial charge in [-0.15, -0.1) is 11.6 Å². The quantitative estimate of drug-likeness (QED) is 0.591. The lowest BCUT2D eigenvalue weighted by atomic mass is 10.2. The van der Waals surface area contributed by atoms with Gasteiger partial charge in [0.15, 0.2) is 0 Å². The first-order chi connectivity index (χ1) is 5.26. The van der Waals surface area contributed by atoms with Crippen LogP contribution in [0.2, 0.25) is 0 Å². The Morgan fingerprint density at radius 3 is 2.82 bits per heavy atom. The zero-order valence-electron chi connectivity index (χ0n) is 7.22. The molecule has 0 bridgehead atoms. The Morgan fingerprint density at radius 2 is 2.27 bits per heavy atom. The molecule has 1 rings (SSSR count). The van der Waals surface area contributed by atoms with Crippen molar-refractivity contribution in [2.75, 3.05) is 25.5 Å². The fourth-order valence-corrected chi connectivity index (χ4v) is 1.65. The van der Waals surface area contributed by atoms with Crippen molar-refractivity contribution in [1.82, 2.24) is 4.90 Å². The minimum absolute atomic E-state index is 0.236. The molecule has 66 valence electrons. The number of rotatable bonds is 2. The first kappa shape index (κ1) is 9.30. The molecule has 1 aliphatic heterocycles. The van der Waals surface area contributed by atoms with E-state index >= 15 is 0 Å². The van der Waals surface area contributed by atoms with Gasteiger partial charge >= 0.3 is 0 Å². The summed E-state index contributed by atoms with van der Waals surface area (Å²) in [5.41, 5.74) is 0. The molecule has 0 N–H and O–H groups in total. The van der Waals surface area contributed by atoms with Gasteiger partial charge in [-0.3, -0.25) is 4.90 Å². The van der Waals surface area contributed by atoms with E-state index in [0.717, 1.165) is 19.6 Å². The van der Waals surface area contributed by atoms with Crippen molar-refractivity contribution in [2.45, 2.75) is 26.1 Å². The van der Waals surface area contributed by atoms with Crippen LogP contribution in [-0.2, 0) is 4.74 Å². The van der Waals surface area contributed by atoms with Crippen molar-refractivity contribution in [2.24, 2.45) is 0 Å². The minimum Gasteiger partial charge on any atom is -0.371 e. The van der Waals surface area contributed by atoms with E-state index in [1.807, 2.05) is 0 Å². The summed E-state index contributed by atoms with van der Waals surface area (Å²) in [4.78, 5) is 2.38. The zero-order valence-corrected chi connectivity index (χ0v) is 7.97. The highest BCUT2D eigenvalue weighted by Gasteiger charge is 2.22. The maximum atomic E-state index is 5.72. The highest BCUT2D eigenvalue weighted by Crippen LogP contribution is 2.11. The molecule has 1 fully saturated rings. The second kappa shape index (κ2) is 4.29. The third-order valence-electron chi connectivity index (χ3n) is 2.02. The predicted octanol–water partition coefficient (Wildman–Crippen LogP) is 1.33. The maximum Gasteiger partial charge on any atom is 0.0841 e. The van der Waals surface area contributed by atoms with Gasteiger partial charge in [0.2, 0.25) is 0 Å². The summed E-state index contributed by atoms with van der Waals surface area (Å²) < 4.78 is 5.59. The fraction of sp³-hybridized carbons (Fsp3) is 1.00.